The summed E-state index contributed by atoms with van der Waals surface area (Å²) in [7, 11) is -1.31. The lowest BCUT2D eigenvalue weighted by Crippen LogP contribution is -2.01. The van der Waals surface area contributed by atoms with Gasteiger partial charge in [-0.05, 0) is 42.3 Å². The molecule has 0 spiro atoms. The smallest absolute Gasteiger partial charge is 0.142 e. The zero-order valence-corrected chi connectivity index (χ0v) is 11.9. The van der Waals surface area contributed by atoms with E-state index in [0.29, 0.717) is 16.1 Å². The lowest BCUT2D eigenvalue weighted by atomic mass is 10.2. The second-order valence-corrected chi connectivity index (χ2v) is 6.11. The Morgan fingerprint density at radius 3 is 2.68 bits per heavy atom. The molecule has 2 aromatic rings. The molecule has 2 N–H and O–H groups in total. The van der Waals surface area contributed by atoms with Crippen molar-refractivity contribution in [3.05, 3.63) is 58.4 Å². The minimum atomic E-state index is -1.31. The predicted molar refractivity (Wildman–Crippen MR) is 77.1 cm³/mol. The molecule has 0 fully saturated rings. The minimum Gasteiger partial charge on any atom is -0.398 e. The fourth-order valence-corrected chi connectivity index (χ4v) is 3.10. The standard InChI is InChI=1S/C14H13ClFNOS/c1-9-2-5-13(17)14(6-9)19(18)8-10-3-4-11(15)12(16)7-10/h2-7H,8,17H2,1H3. The molecule has 0 saturated heterocycles. The van der Waals surface area contributed by atoms with E-state index in [2.05, 4.69) is 0 Å². The van der Waals surface area contributed by atoms with E-state index < -0.39 is 16.6 Å². The molecule has 0 aliphatic heterocycles. The molecule has 0 heterocycles. The van der Waals surface area contributed by atoms with Gasteiger partial charge in [-0.15, -0.1) is 0 Å². The molecule has 19 heavy (non-hydrogen) atoms. The van der Waals surface area contributed by atoms with Crippen molar-refractivity contribution in [2.45, 2.75) is 17.6 Å². The Kier molecular flexibility index (Phi) is 4.22. The topological polar surface area (TPSA) is 43.1 Å². The molecule has 0 aliphatic carbocycles. The third-order valence-corrected chi connectivity index (χ3v) is 4.44. The number of hydrogen-bond donors (Lipinski definition) is 1. The van der Waals surface area contributed by atoms with Gasteiger partial charge in [0.1, 0.15) is 5.82 Å². The monoisotopic (exact) mass is 297 g/mol. The highest BCUT2D eigenvalue weighted by atomic mass is 35.5. The molecule has 0 saturated carbocycles. The van der Waals surface area contributed by atoms with Crippen molar-refractivity contribution in [3.63, 3.8) is 0 Å². The summed E-state index contributed by atoms with van der Waals surface area (Å²) in [5.41, 5.74) is 7.91. The van der Waals surface area contributed by atoms with Crippen molar-refractivity contribution < 1.29 is 8.60 Å². The summed E-state index contributed by atoms with van der Waals surface area (Å²) in [5, 5.41) is 0.0598. The van der Waals surface area contributed by atoms with Crippen LogP contribution in [0.2, 0.25) is 5.02 Å². The largest absolute Gasteiger partial charge is 0.398 e. The van der Waals surface area contributed by atoms with Gasteiger partial charge in [-0.25, -0.2) is 4.39 Å². The summed E-state index contributed by atoms with van der Waals surface area (Å²) in [6.45, 7) is 1.90. The SMILES string of the molecule is Cc1ccc(N)c(S(=O)Cc2ccc(Cl)c(F)c2)c1. The number of aryl methyl sites for hydroxylation is 1. The molecule has 2 aromatic carbocycles. The zero-order valence-electron chi connectivity index (χ0n) is 10.3. The van der Waals surface area contributed by atoms with Crippen LogP contribution in [0.4, 0.5) is 10.1 Å². The maximum Gasteiger partial charge on any atom is 0.142 e. The van der Waals surface area contributed by atoms with Crippen LogP contribution in [-0.4, -0.2) is 4.21 Å². The van der Waals surface area contributed by atoms with Gasteiger partial charge >= 0.3 is 0 Å². The van der Waals surface area contributed by atoms with Gasteiger partial charge in [-0.3, -0.25) is 4.21 Å². The van der Waals surface area contributed by atoms with E-state index in [1.807, 2.05) is 13.0 Å². The number of benzene rings is 2. The normalized spacial score (nSPS) is 12.4. The first kappa shape index (κ1) is 14.0. The Morgan fingerprint density at radius 1 is 1.26 bits per heavy atom. The van der Waals surface area contributed by atoms with Crippen LogP contribution >= 0.6 is 11.6 Å². The Bertz CT molecular complexity index is 645. The molecule has 1 unspecified atom stereocenters. The van der Waals surface area contributed by atoms with Crippen LogP contribution in [0.3, 0.4) is 0 Å². The average molecular weight is 298 g/mol. The van der Waals surface area contributed by atoms with Gasteiger partial charge in [0.25, 0.3) is 0 Å². The second kappa shape index (κ2) is 5.72. The lowest BCUT2D eigenvalue weighted by molar-refractivity contribution is 0.626. The first-order chi connectivity index (χ1) is 8.97. The van der Waals surface area contributed by atoms with Crippen molar-refractivity contribution in [2.24, 2.45) is 0 Å². The van der Waals surface area contributed by atoms with E-state index in [0.717, 1.165) is 5.56 Å². The van der Waals surface area contributed by atoms with E-state index in [-0.39, 0.29) is 10.8 Å². The molecule has 0 aromatic heterocycles. The Labute approximate surface area is 118 Å². The molecule has 2 nitrogen and oxygen atoms in total. The summed E-state index contributed by atoms with van der Waals surface area (Å²) >= 11 is 5.61. The predicted octanol–water partition coefficient (Wildman–Crippen LogP) is 3.68. The van der Waals surface area contributed by atoms with Crippen LogP contribution in [0, 0.1) is 12.7 Å². The van der Waals surface area contributed by atoms with E-state index in [1.165, 1.54) is 12.1 Å². The van der Waals surface area contributed by atoms with Gasteiger partial charge in [0.2, 0.25) is 0 Å². The molecular weight excluding hydrogens is 285 g/mol. The minimum absolute atomic E-state index is 0.0598. The van der Waals surface area contributed by atoms with Crippen molar-refractivity contribution >= 4 is 28.1 Å². The molecule has 0 aliphatic rings. The zero-order chi connectivity index (χ0) is 14.0. The molecule has 0 radical (unpaired) electrons. The highest BCUT2D eigenvalue weighted by molar-refractivity contribution is 7.84. The maximum atomic E-state index is 13.3. The van der Waals surface area contributed by atoms with Crippen molar-refractivity contribution in [1.29, 1.82) is 0 Å². The molecule has 0 amide bonds. The maximum absolute atomic E-state index is 13.3. The summed E-state index contributed by atoms with van der Waals surface area (Å²) in [4.78, 5) is 0.579. The van der Waals surface area contributed by atoms with Gasteiger partial charge < -0.3 is 5.73 Å². The Morgan fingerprint density at radius 2 is 2.00 bits per heavy atom. The van der Waals surface area contributed by atoms with E-state index in [1.54, 1.807) is 18.2 Å². The number of nitrogen functional groups attached to an aromatic ring is 1. The Hall–Kier alpha value is -1.39. The van der Waals surface area contributed by atoms with Gasteiger partial charge in [0.15, 0.2) is 0 Å². The van der Waals surface area contributed by atoms with Gasteiger partial charge in [0.05, 0.1) is 26.5 Å². The highest BCUT2D eigenvalue weighted by Gasteiger charge is 2.10. The molecule has 5 heteroatoms. The fraction of sp³-hybridized carbons (Fsp3) is 0.143. The summed E-state index contributed by atoms with van der Waals surface area (Å²) in [6.07, 6.45) is 0. The van der Waals surface area contributed by atoms with E-state index in [4.69, 9.17) is 17.3 Å². The van der Waals surface area contributed by atoms with E-state index in [9.17, 15) is 8.60 Å². The van der Waals surface area contributed by atoms with Crippen LogP contribution < -0.4 is 5.73 Å². The summed E-state index contributed by atoms with van der Waals surface area (Å²) < 4.78 is 25.6. The van der Waals surface area contributed by atoms with E-state index >= 15 is 0 Å². The number of anilines is 1. The number of rotatable bonds is 3. The lowest BCUT2D eigenvalue weighted by Gasteiger charge is -2.07. The van der Waals surface area contributed by atoms with Crippen LogP contribution in [0.5, 0.6) is 0 Å². The second-order valence-electron chi connectivity index (χ2n) is 4.28. The van der Waals surface area contributed by atoms with Gasteiger partial charge in [-0.2, -0.15) is 0 Å². The van der Waals surface area contributed by atoms with Crippen LogP contribution in [-0.2, 0) is 16.6 Å². The van der Waals surface area contributed by atoms with Crippen molar-refractivity contribution in [3.8, 4) is 0 Å². The third-order valence-electron chi connectivity index (χ3n) is 2.70. The van der Waals surface area contributed by atoms with Crippen LogP contribution in [0.25, 0.3) is 0 Å². The fourth-order valence-electron chi connectivity index (χ4n) is 1.70. The van der Waals surface area contributed by atoms with Crippen LogP contribution in [0.15, 0.2) is 41.3 Å². The van der Waals surface area contributed by atoms with Gasteiger partial charge in [-0.1, -0.05) is 23.7 Å². The Balaban J connectivity index is 2.25. The van der Waals surface area contributed by atoms with Crippen molar-refractivity contribution in [2.75, 3.05) is 5.73 Å². The molecule has 1 atom stereocenters. The van der Waals surface area contributed by atoms with Gasteiger partial charge in [0, 0.05) is 5.69 Å². The molecule has 0 bridgehead atoms. The van der Waals surface area contributed by atoms with Crippen molar-refractivity contribution in [1.82, 2.24) is 0 Å². The molecule has 2 rings (SSSR count). The molecular formula is C14H13ClFNOS. The van der Waals surface area contributed by atoms with Crippen LogP contribution in [0.1, 0.15) is 11.1 Å². The third kappa shape index (κ3) is 3.33. The number of hydrogen-bond acceptors (Lipinski definition) is 2. The summed E-state index contributed by atoms with van der Waals surface area (Å²) in [5.74, 6) is -0.296. The average Bonchev–Trinajstić information content (AvgIpc) is 2.36. The quantitative estimate of drug-likeness (QED) is 0.878. The summed E-state index contributed by atoms with van der Waals surface area (Å²) in [6, 6.07) is 9.80. The number of halogens is 2. The first-order valence-electron chi connectivity index (χ1n) is 5.66. The molecule has 100 valence electrons. The number of nitrogens with two attached hydrogens (primary N) is 1. The highest BCUT2D eigenvalue weighted by Crippen LogP contribution is 2.22. The first-order valence-corrected chi connectivity index (χ1v) is 7.35.